The normalized spacial score (nSPS) is 14.1. The predicted octanol–water partition coefficient (Wildman–Crippen LogP) is 2.97. The van der Waals surface area contributed by atoms with E-state index in [0.29, 0.717) is 18.4 Å². The largest absolute Gasteiger partial charge is 0.486 e. The van der Waals surface area contributed by atoms with Gasteiger partial charge in [-0.3, -0.25) is 0 Å². The summed E-state index contributed by atoms with van der Waals surface area (Å²) in [6.45, 7) is 3.11. The van der Waals surface area contributed by atoms with Gasteiger partial charge in [-0.2, -0.15) is 0 Å². The lowest BCUT2D eigenvalue weighted by atomic mass is 10.1. The van der Waals surface area contributed by atoms with Gasteiger partial charge in [-0.15, -0.1) is 0 Å². The molecule has 0 amide bonds. The van der Waals surface area contributed by atoms with Crippen molar-refractivity contribution in [2.45, 2.75) is 6.92 Å². The zero-order chi connectivity index (χ0) is 11.1. The van der Waals surface area contributed by atoms with Crippen molar-refractivity contribution in [1.29, 1.82) is 0 Å². The summed E-state index contributed by atoms with van der Waals surface area (Å²) in [7, 11) is 0. The first-order valence-electron chi connectivity index (χ1n) is 5.10. The lowest BCUT2D eigenvalue weighted by molar-refractivity contribution is 0.172. The number of pyridine rings is 1. The van der Waals surface area contributed by atoms with Gasteiger partial charge in [0.1, 0.15) is 18.4 Å². The molecule has 0 bridgehead atoms. The van der Waals surface area contributed by atoms with Crippen LogP contribution in [-0.2, 0) is 0 Å². The predicted molar refractivity (Wildman–Crippen MR) is 62.5 cm³/mol. The number of ether oxygens (including phenoxy) is 2. The third-order valence-electron chi connectivity index (χ3n) is 2.61. The van der Waals surface area contributed by atoms with Crippen LogP contribution < -0.4 is 9.47 Å². The maximum Gasteiger partial charge on any atom is 0.163 e. The van der Waals surface area contributed by atoms with Crippen LogP contribution in [0.1, 0.15) is 5.56 Å². The summed E-state index contributed by atoms with van der Waals surface area (Å²) in [5.74, 6) is 1.52. The van der Waals surface area contributed by atoms with Crippen LogP contribution in [-0.4, -0.2) is 18.2 Å². The summed E-state index contributed by atoms with van der Waals surface area (Å²) in [5.41, 5.74) is 1.80. The quantitative estimate of drug-likeness (QED) is 0.658. The molecule has 0 aliphatic carbocycles. The van der Waals surface area contributed by atoms with Crippen LogP contribution in [0, 0.1) is 6.92 Å². The number of halogens is 1. The molecule has 1 aromatic carbocycles. The van der Waals surface area contributed by atoms with Crippen LogP contribution in [0.25, 0.3) is 10.9 Å². The molecule has 1 aromatic heterocycles. The molecule has 0 saturated carbocycles. The van der Waals surface area contributed by atoms with E-state index >= 15 is 0 Å². The third kappa shape index (κ3) is 1.48. The standard InChI is InChI=1S/C12H10ClNO2/c1-7-4-8-5-10-11(16-3-2-15-10)6-9(8)14-12(7)13/h4-6H,2-3H2,1H3. The zero-order valence-corrected chi connectivity index (χ0v) is 9.54. The first-order chi connectivity index (χ1) is 7.74. The van der Waals surface area contributed by atoms with Gasteiger partial charge in [0.05, 0.1) is 5.52 Å². The number of benzene rings is 1. The Kier molecular flexibility index (Phi) is 2.14. The van der Waals surface area contributed by atoms with Crippen LogP contribution >= 0.6 is 11.6 Å². The number of fused-ring (bicyclic) bond motifs is 2. The summed E-state index contributed by atoms with van der Waals surface area (Å²) in [4.78, 5) is 4.31. The second-order valence-corrected chi connectivity index (χ2v) is 4.14. The zero-order valence-electron chi connectivity index (χ0n) is 8.79. The highest BCUT2D eigenvalue weighted by Gasteiger charge is 2.13. The Labute approximate surface area is 98.0 Å². The van der Waals surface area contributed by atoms with Gasteiger partial charge in [0.2, 0.25) is 0 Å². The molecule has 16 heavy (non-hydrogen) atoms. The summed E-state index contributed by atoms with van der Waals surface area (Å²) in [6.07, 6.45) is 0. The fourth-order valence-corrected chi connectivity index (χ4v) is 1.94. The van der Waals surface area contributed by atoms with Crippen molar-refractivity contribution < 1.29 is 9.47 Å². The van der Waals surface area contributed by atoms with Crippen LogP contribution in [0.4, 0.5) is 0 Å². The smallest absolute Gasteiger partial charge is 0.163 e. The van der Waals surface area contributed by atoms with Crippen LogP contribution in [0.2, 0.25) is 5.15 Å². The minimum Gasteiger partial charge on any atom is -0.486 e. The minimum atomic E-state index is 0.532. The second-order valence-electron chi connectivity index (χ2n) is 3.78. The molecule has 0 N–H and O–H groups in total. The van der Waals surface area contributed by atoms with Crippen molar-refractivity contribution in [2.75, 3.05) is 13.2 Å². The second kappa shape index (κ2) is 3.52. The van der Waals surface area contributed by atoms with Gasteiger partial charge < -0.3 is 9.47 Å². The highest BCUT2D eigenvalue weighted by atomic mass is 35.5. The fraction of sp³-hybridized carbons (Fsp3) is 0.250. The summed E-state index contributed by atoms with van der Waals surface area (Å²) >= 11 is 5.99. The van der Waals surface area contributed by atoms with E-state index in [9.17, 15) is 0 Å². The Hall–Kier alpha value is -1.48. The van der Waals surface area contributed by atoms with E-state index in [0.717, 1.165) is 28.0 Å². The maximum absolute atomic E-state index is 5.99. The molecule has 0 radical (unpaired) electrons. The highest BCUT2D eigenvalue weighted by molar-refractivity contribution is 6.30. The summed E-state index contributed by atoms with van der Waals surface area (Å²) in [5, 5.41) is 1.55. The molecule has 82 valence electrons. The topological polar surface area (TPSA) is 31.4 Å². The Morgan fingerprint density at radius 3 is 2.56 bits per heavy atom. The van der Waals surface area contributed by atoms with Crippen molar-refractivity contribution in [3.8, 4) is 11.5 Å². The summed E-state index contributed by atoms with van der Waals surface area (Å²) in [6, 6.07) is 5.82. The van der Waals surface area contributed by atoms with Crippen molar-refractivity contribution in [1.82, 2.24) is 4.98 Å². The Morgan fingerprint density at radius 1 is 1.12 bits per heavy atom. The van der Waals surface area contributed by atoms with Gasteiger partial charge in [-0.25, -0.2) is 4.98 Å². The van der Waals surface area contributed by atoms with Gasteiger partial charge in [0.25, 0.3) is 0 Å². The first-order valence-corrected chi connectivity index (χ1v) is 5.48. The highest BCUT2D eigenvalue weighted by Crippen LogP contribution is 2.34. The first kappa shape index (κ1) is 9.73. The van der Waals surface area contributed by atoms with Gasteiger partial charge in [0.15, 0.2) is 11.5 Å². The molecule has 2 heterocycles. The van der Waals surface area contributed by atoms with Crippen molar-refractivity contribution in [2.24, 2.45) is 0 Å². The number of hydrogen-bond donors (Lipinski definition) is 0. The van der Waals surface area contributed by atoms with Crippen LogP contribution in [0.5, 0.6) is 11.5 Å². The molecule has 1 aliphatic heterocycles. The average molecular weight is 236 g/mol. The number of aryl methyl sites for hydroxylation is 1. The van der Waals surface area contributed by atoms with Crippen molar-refractivity contribution in [3.63, 3.8) is 0 Å². The maximum atomic E-state index is 5.99. The van der Waals surface area contributed by atoms with E-state index < -0.39 is 0 Å². The molecule has 2 aromatic rings. The van der Waals surface area contributed by atoms with E-state index in [4.69, 9.17) is 21.1 Å². The van der Waals surface area contributed by atoms with Crippen molar-refractivity contribution >= 4 is 22.5 Å². The number of nitrogens with zero attached hydrogens (tertiary/aromatic N) is 1. The molecule has 0 saturated heterocycles. The van der Waals surface area contributed by atoms with Gasteiger partial charge >= 0.3 is 0 Å². The lowest BCUT2D eigenvalue weighted by Crippen LogP contribution is -2.15. The van der Waals surface area contributed by atoms with E-state index in [1.54, 1.807) is 0 Å². The molecule has 0 unspecified atom stereocenters. The SMILES string of the molecule is Cc1cc2cc3c(cc2nc1Cl)OCCO3. The van der Waals surface area contributed by atoms with E-state index in [1.165, 1.54) is 0 Å². The van der Waals surface area contributed by atoms with Gasteiger partial charge in [-0.05, 0) is 24.6 Å². The monoisotopic (exact) mass is 235 g/mol. The van der Waals surface area contributed by atoms with Crippen LogP contribution in [0.15, 0.2) is 18.2 Å². The van der Waals surface area contributed by atoms with E-state index in [2.05, 4.69) is 4.98 Å². The molecular formula is C12H10ClNO2. The van der Waals surface area contributed by atoms with E-state index in [1.807, 2.05) is 25.1 Å². The average Bonchev–Trinajstić information content (AvgIpc) is 2.28. The molecule has 4 heteroatoms. The van der Waals surface area contributed by atoms with Crippen LogP contribution in [0.3, 0.4) is 0 Å². The Bertz CT molecular complexity index is 518. The molecular weight excluding hydrogens is 226 g/mol. The Morgan fingerprint density at radius 2 is 1.81 bits per heavy atom. The molecule has 0 spiro atoms. The van der Waals surface area contributed by atoms with Gasteiger partial charge in [0, 0.05) is 11.5 Å². The number of rotatable bonds is 0. The van der Waals surface area contributed by atoms with Crippen molar-refractivity contribution in [3.05, 3.63) is 28.9 Å². The Balaban J connectivity index is 2.27. The summed E-state index contributed by atoms with van der Waals surface area (Å²) < 4.78 is 11.0. The lowest BCUT2D eigenvalue weighted by Gasteiger charge is -2.18. The molecule has 0 atom stereocenters. The third-order valence-corrected chi connectivity index (χ3v) is 2.99. The fourth-order valence-electron chi connectivity index (χ4n) is 1.79. The minimum absolute atomic E-state index is 0.532. The van der Waals surface area contributed by atoms with Gasteiger partial charge in [-0.1, -0.05) is 11.6 Å². The molecule has 3 nitrogen and oxygen atoms in total. The number of hydrogen-bond acceptors (Lipinski definition) is 3. The van der Waals surface area contributed by atoms with E-state index in [-0.39, 0.29) is 0 Å². The number of aromatic nitrogens is 1. The molecule has 1 aliphatic rings. The molecule has 0 fully saturated rings. The molecule has 3 rings (SSSR count).